The molecule has 1 aromatic rings. The van der Waals surface area contributed by atoms with Gasteiger partial charge in [0.1, 0.15) is 11.7 Å². The fourth-order valence-corrected chi connectivity index (χ4v) is 3.88. The predicted octanol–water partition coefficient (Wildman–Crippen LogP) is 3.12. The van der Waals surface area contributed by atoms with Crippen molar-refractivity contribution >= 4 is 6.09 Å². The van der Waals surface area contributed by atoms with E-state index in [1.165, 1.54) is 0 Å². The first-order valence-corrected chi connectivity index (χ1v) is 9.63. The van der Waals surface area contributed by atoms with Crippen LogP contribution >= 0.6 is 0 Å². The van der Waals surface area contributed by atoms with E-state index < -0.39 is 23.6 Å². The minimum atomic E-state index is -0.663. The summed E-state index contributed by atoms with van der Waals surface area (Å²) in [5.41, 5.74) is 1.76. The number of rotatable bonds is 4. The summed E-state index contributed by atoms with van der Waals surface area (Å²) < 4.78 is 17.2. The highest BCUT2D eigenvalue weighted by atomic mass is 16.8. The second kappa shape index (κ2) is 7.41. The molecule has 1 aliphatic heterocycles. The fraction of sp³-hybridized carbons (Fsp3) is 0.667. The molecule has 6 nitrogen and oxygen atoms in total. The van der Waals surface area contributed by atoms with Crippen LogP contribution in [0.2, 0.25) is 0 Å². The summed E-state index contributed by atoms with van der Waals surface area (Å²) in [6.45, 7) is 9.80. The van der Waals surface area contributed by atoms with Gasteiger partial charge in [-0.2, -0.15) is 0 Å². The van der Waals surface area contributed by atoms with Crippen molar-refractivity contribution in [1.82, 2.24) is 5.32 Å². The van der Waals surface area contributed by atoms with Crippen LogP contribution in [0.1, 0.15) is 58.1 Å². The Morgan fingerprint density at radius 3 is 2.70 bits per heavy atom. The molecule has 27 heavy (non-hydrogen) atoms. The third-order valence-corrected chi connectivity index (χ3v) is 4.90. The number of aliphatic hydroxyl groups excluding tert-OH is 1. The molecule has 3 rings (SSSR count). The normalized spacial score (nSPS) is 29.4. The van der Waals surface area contributed by atoms with Crippen LogP contribution in [0.15, 0.2) is 24.3 Å². The maximum absolute atomic E-state index is 11.8. The standard InChI is InChI=1S/C21H31NO5/c1-20(2,3)27-19(24)22-10-9-13-7-6-8-14(11-13)15-12-16(23)18-17(15)25-21(4,5)26-18/h6-8,11,15-18,23H,9-10,12H2,1-5H3,(H,22,24)/t15-,16+,17-,18+/m1/s1. The monoisotopic (exact) mass is 377 g/mol. The van der Waals surface area contributed by atoms with E-state index in [0.29, 0.717) is 19.4 Å². The third kappa shape index (κ3) is 5.00. The van der Waals surface area contributed by atoms with E-state index in [-0.39, 0.29) is 18.1 Å². The number of benzene rings is 1. The number of amides is 1. The van der Waals surface area contributed by atoms with Crippen LogP contribution in [-0.2, 0) is 20.6 Å². The molecule has 1 heterocycles. The third-order valence-electron chi connectivity index (χ3n) is 4.90. The lowest BCUT2D eigenvalue weighted by Gasteiger charge is -2.23. The van der Waals surface area contributed by atoms with Gasteiger partial charge in [-0.15, -0.1) is 0 Å². The summed E-state index contributed by atoms with van der Waals surface area (Å²) in [4.78, 5) is 11.8. The number of hydrogen-bond acceptors (Lipinski definition) is 5. The Morgan fingerprint density at radius 2 is 2.00 bits per heavy atom. The van der Waals surface area contributed by atoms with Gasteiger partial charge < -0.3 is 24.6 Å². The van der Waals surface area contributed by atoms with Gasteiger partial charge in [-0.05, 0) is 58.6 Å². The van der Waals surface area contributed by atoms with Crippen LogP contribution in [0.3, 0.4) is 0 Å². The van der Waals surface area contributed by atoms with Crippen molar-refractivity contribution in [1.29, 1.82) is 0 Å². The van der Waals surface area contributed by atoms with Crippen LogP contribution < -0.4 is 5.32 Å². The van der Waals surface area contributed by atoms with Gasteiger partial charge in [0.25, 0.3) is 0 Å². The van der Waals surface area contributed by atoms with E-state index >= 15 is 0 Å². The minimum absolute atomic E-state index is 0.102. The van der Waals surface area contributed by atoms with Crippen LogP contribution in [0.5, 0.6) is 0 Å². The van der Waals surface area contributed by atoms with Crippen molar-refractivity contribution in [3.8, 4) is 0 Å². The lowest BCUT2D eigenvalue weighted by Crippen LogP contribution is -2.33. The number of ether oxygens (including phenoxy) is 3. The molecule has 0 spiro atoms. The van der Waals surface area contributed by atoms with Crippen molar-refractivity contribution in [2.45, 2.75) is 83.1 Å². The van der Waals surface area contributed by atoms with E-state index in [4.69, 9.17) is 14.2 Å². The highest BCUT2D eigenvalue weighted by molar-refractivity contribution is 5.67. The van der Waals surface area contributed by atoms with Crippen molar-refractivity contribution in [2.75, 3.05) is 6.54 Å². The van der Waals surface area contributed by atoms with E-state index in [1.54, 1.807) is 0 Å². The molecule has 6 heteroatoms. The molecule has 2 fully saturated rings. The second-order valence-electron chi connectivity index (χ2n) is 8.90. The summed E-state index contributed by atoms with van der Waals surface area (Å²) in [5.74, 6) is -0.560. The molecule has 0 radical (unpaired) electrons. The average molecular weight is 377 g/mol. The van der Waals surface area contributed by atoms with E-state index in [9.17, 15) is 9.90 Å². The molecule has 0 aromatic heterocycles. The largest absolute Gasteiger partial charge is 0.444 e. The van der Waals surface area contributed by atoms with Gasteiger partial charge in [-0.25, -0.2) is 4.79 Å². The molecule has 2 aliphatic rings. The quantitative estimate of drug-likeness (QED) is 0.843. The van der Waals surface area contributed by atoms with Crippen LogP contribution in [0.25, 0.3) is 0 Å². The Labute approximate surface area is 161 Å². The van der Waals surface area contributed by atoms with E-state index in [2.05, 4.69) is 17.4 Å². The summed E-state index contributed by atoms with van der Waals surface area (Å²) in [6.07, 6.45) is 0.00989. The molecular weight excluding hydrogens is 346 g/mol. The Bertz CT molecular complexity index is 681. The molecule has 2 N–H and O–H groups in total. The van der Waals surface area contributed by atoms with Crippen molar-refractivity contribution < 1.29 is 24.1 Å². The summed E-state index contributed by atoms with van der Waals surface area (Å²) in [6, 6.07) is 8.25. The van der Waals surface area contributed by atoms with Crippen LogP contribution in [0.4, 0.5) is 4.79 Å². The first-order valence-electron chi connectivity index (χ1n) is 9.63. The maximum atomic E-state index is 11.8. The molecule has 150 valence electrons. The number of carbonyl (C=O) groups is 1. The van der Waals surface area contributed by atoms with Crippen molar-refractivity contribution in [3.05, 3.63) is 35.4 Å². The van der Waals surface area contributed by atoms with Crippen molar-refractivity contribution in [2.24, 2.45) is 0 Å². The molecule has 1 saturated heterocycles. The molecule has 1 saturated carbocycles. The van der Waals surface area contributed by atoms with Crippen LogP contribution in [-0.4, -0.2) is 47.4 Å². The van der Waals surface area contributed by atoms with E-state index in [0.717, 1.165) is 11.1 Å². The second-order valence-corrected chi connectivity index (χ2v) is 8.90. The van der Waals surface area contributed by atoms with Gasteiger partial charge >= 0.3 is 6.09 Å². The number of nitrogens with one attached hydrogen (secondary N) is 1. The lowest BCUT2D eigenvalue weighted by molar-refractivity contribution is -0.163. The number of alkyl carbamates (subject to hydrolysis) is 1. The zero-order valence-corrected chi connectivity index (χ0v) is 16.8. The van der Waals surface area contributed by atoms with Gasteiger partial charge in [0, 0.05) is 12.5 Å². The Kier molecular flexibility index (Phi) is 5.52. The Hall–Kier alpha value is -1.63. The summed E-state index contributed by atoms with van der Waals surface area (Å²) >= 11 is 0. The SMILES string of the molecule is CC(C)(C)OC(=O)NCCc1cccc([C@H]2C[C@H](O)[C@@H]3OC(C)(C)O[C@@H]32)c1. The molecule has 1 amide bonds. The summed E-state index contributed by atoms with van der Waals surface area (Å²) in [5, 5.41) is 13.1. The smallest absolute Gasteiger partial charge is 0.407 e. The van der Waals surface area contributed by atoms with Gasteiger partial charge in [-0.1, -0.05) is 24.3 Å². The highest BCUT2D eigenvalue weighted by Crippen LogP contribution is 2.46. The molecule has 4 atom stereocenters. The Balaban J connectivity index is 1.60. The van der Waals surface area contributed by atoms with Gasteiger partial charge in [0.2, 0.25) is 0 Å². The number of hydrogen-bond donors (Lipinski definition) is 2. The van der Waals surface area contributed by atoms with E-state index in [1.807, 2.05) is 46.8 Å². The Morgan fingerprint density at radius 1 is 1.30 bits per heavy atom. The first-order chi connectivity index (χ1) is 12.5. The molecule has 0 bridgehead atoms. The first kappa shape index (κ1) is 20.1. The lowest BCUT2D eigenvalue weighted by atomic mass is 9.93. The average Bonchev–Trinajstić information content (AvgIpc) is 3.00. The van der Waals surface area contributed by atoms with Crippen LogP contribution in [0, 0.1) is 0 Å². The van der Waals surface area contributed by atoms with Gasteiger partial charge in [0.05, 0.1) is 12.2 Å². The van der Waals surface area contributed by atoms with Gasteiger partial charge in [-0.3, -0.25) is 0 Å². The molecule has 1 aliphatic carbocycles. The van der Waals surface area contributed by atoms with Gasteiger partial charge in [0.15, 0.2) is 5.79 Å². The number of carbonyl (C=O) groups excluding carboxylic acids is 1. The molecular formula is C21H31NO5. The fourth-order valence-electron chi connectivity index (χ4n) is 3.88. The predicted molar refractivity (Wildman–Crippen MR) is 102 cm³/mol. The summed E-state index contributed by atoms with van der Waals surface area (Å²) in [7, 11) is 0. The number of fused-ring (bicyclic) bond motifs is 1. The minimum Gasteiger partial charge on any atom is -0.444 e. The zero-order valence-electron chi connectivity index (χ0n) is 16.8. The zero-order chi connectivity index (χ0) is 19.8. The molecule has 0 unspecified atom stereocenters. The topological polar surface area (TPSA) is 77.0 Å². The highest BCUT2D eigenvalue weighted by Gasteiger charge is 2.53. The molecule has 1 aromatic carbocycles. The number of aliphatic hydroxyl groups is 1. The maximum Gasteiger partial charge on any atom is 0.407 e. The van der Waals surface area contributed by atoms with Crippen molar-refractivity contribution in [3.63, 3.8) is 0 Å².